The van der Waals surface area contributed by atoms with Gasteiger partial charge in [-0.25, -0.2) is 0 Å². The minimum absolute atomic E-state index is 0.0902. The molecule has 0 aromatic heterocycles. The predicted octanol–water partition coefficient (Wildman–Crippen LogP) is 4.49. The second kappa shape index (κ2) is 7.02. The maximum absolute atomic E-state index is 12.7. The summed E-state index contributed by atoms with van der Waals surface area (Å²) in [7, 11) is 0. The van der Waals surface area contributed by atoms with E-state index in [1.807, 2.05) is 64.1 Å². The molecule has 1 aliphatic heterocycles. The van der Waals surface area contributed by atoms with Gasteiger partial charge in [0.15, 0.2) is 6.10 Å². The molecule has 0 bridgehead atoms. The van der Waals surface area contributed by atoms with Crippen LogP contribution in [0.2, 0.25) is 0 Å². The predicted molar refractivity (Wildman–Crippen MR) is 103 cm³/mol. The van der Waals surface area contributed by atoms with E-state index in [0.717, 1.165) is 22.6 Å². The van der Waals surface area contributed by atoms with Crippen molar-refractivity contribution in [1.82, 2.24) is 5.32 Å². The molecule has 4 nitrogen and oxygen atoms in total. The van der Waals surface area contributed by atoms with Crippen LogP contribution in [0.15, 0.2) is 42.5 Å². The largest absolute Gasteiger partial charge is 0.487 e. The molecule has 0 aliphatic carbocycles. The van der Waals surface area contributed by atoms with E-state index in [-0.39, 0.29) is 17.6 Å². The van der Waals surface area contributed by atoms with Gasteiger partial charge in [-0.05, 0) is 52.3 Å². The Bertz CT molecular complexity index is 813. The van der Waals surface area contributed by atoms with Gasteiger partial charge in [0.1, 0.15) is 17.1 Å². The number of hydrogen-bond donors (Lipinski definition) is 1. The van der Waals surface area contributed by atoms with Gasteiger partial charge in [-0.2, -0.15) is 0 Å². The van der Waals surface area contributed by atoms with Gasteiger partial charge >= 0.3 is 0 Å². The zero-order chi connectivity index (χ0) is 18.9. The normalized spacial score (nSPS) is 19.0. The summed E-state index contributed by atoms with van der Waals surface area (Å²) in [4.78, 5) is 12.7. The van der Waals surface area contributed by atoms with Gasteiger partial charge in [-0.1, -0.05) is 35.9 Å². The minimum atomic E-state index is -0.575. The van der Waals surface area contributed by atoms with E-state index in [1.165, 1.54) is 5.56 Å². The van der Waals surface area contributed by atoms with E-state index in [9.17, 15) is 4.79 Å². The number of ether oxygens (including phenoxy) is 2. The first-order valence-electron chi connectivity index (χ1n) is 9.07. The molecule has 0 saturated heterocycles. The lowest BCUT2D eigenvalue weighted by atomic mass is 9.89. The fraction of sp³-hybridized carbons (Fsp3) is 0.409. The molecule has 3 rings (SSSR count). The van der Waals surface area contributed by atoms with Crippen molar-refractivity contribution in [3.8, 4) is 11.5 Å². The molecule has 0 fully saturated rings. The summed E-state index contributed by atoms with van der Waals surface area (Å²) in [5, 5.41) is 3.14. The number of carbonyl (C=O) groups is 1. The fourth-order valence-electron chi connectivity index (χ4n) is 3.40. The van der Waals surface area contributed by atoms with Crippen LogP contribution < -0.4 is 14.8 Å². The summed E-state index contributed by atoms with van der Waals surface area (Å²) >= 11 is 0. The maximum atomic E-state index is 12.7. The van der Waals surface area contributed by atoms with Gasteiger partial charge in [0.05, 0.1) is 6.04 Å². The summed E-state index contributed by atoms with van der Waals surface area (Å²) in [6, 6.07) is 13.7. The molecular formula is C22H27NO3. The van der Waals surface area contributed by atoms with E-state index < -0.39 is 6.10 Å². The van der Waals surface area contributed by atoms with Crippen LogP contribution in [-0.4, -0.2) is 17.6 Å². The highest BCUT2D eigenvalue weighted by Crippen LogP contribution is 2.39. The van der Waals surface area contributed by atoms with Crippen molar-refractivity contribution in [2.24, 2.45) is 0 Å². The third kappa shape index (κ3) is 4.01. The van der Waals surface area contributed by atoms with E-state index in [2.05, 4.69) is 11.4 Å². The van der Waals surface area contributed by atoms with Crippen LogP contribution in [0.4, 0.5) is 0 Å². The molecule has 2 aromatic carbocycles. The third-order valence-electron chi connectivity index (χ3n) is 4.70. The number of fused-ring (bicyclic) bond motifs is 1. The van der Waals surface area contributed by atoms with Gasteiger partial charge < -0.3 is 14.8 Å². The Morgan fingerprint density at radius 3 is 2.69 bits per heavy atom. The zero-order valence-corrected chi connectivity index (χ0v) is 16.1. The van der Waals surface area contributed by atoms with Crippen molar-refractivity contribution in [2.75, 3.05) is 0 Å². The quantitative estimate of drug-likeness (QED) is 0.881. The highest BCUT2D eigenvalue weighted by Gasteiger charge is 2.35. The average molecular weight is 353 g/mol. The smallest absolute Gasteiger partial charge is 0.261 e. The number of hydrogen-bond acceptors (Lipinski definition) is 3. The van der Waals surface area contributed by atoms with E-state index in [1.54, 1.807) is 6.92 Å². The van der Waals surface area contributed by atoms with Crippen LogP contribution >= 0.6 is 0 Å². The molecule has 2 aromatic rings. The van der Waals surface area contributed by atoms with Crippen LogP contribution in [0.3, 0.4) is 0 Å². The van der Waals surface area contributed by atoms with Crippen molar-refractivity contribution in [1.29, 1.82) is 0 Å². The Morgan fingerprint density at radius 1 is 1.23 bits per heavy atom. The Hall–Kier alpha value is -2.49. The molecule has 1 heterocycles. The number of para-hydroxylation sites is 1. The second-order valence-electron chi connectivity index (χ2n) is 7.69. The summed E-state index contributed by atoms with van der Waals surface area (Å²) in [6.07, 6.45) is 0.140. The first kappa shape index (κ1) is 18.3. The standard InChI is InChI=1S/C22H27NO3/c1-14-10-11-19(15(2)12-14)25-16(3)21(24)23-18-13-22(4,5)26-20-9-7-6-8-17(18)20/h6-12,16,18H,13H2,1-5H3,(H,23,24). The molecule has 1 aliphatic rings. The highest BCUT2D eigenvalue weighted by molar-refractivity contribution is 5.81. The fourth-order valence-corrected chi connectivity index (χ4v) is 3.40. The van der Waals surface area contributed by atoms with Crippen molar-refractivity contribution in [2.45, 2.75) is 58.8 Å². The number of aryl methyl sites for hydroxylation is 2. The Balaban J connectivity index is 1.73. The monoisotopic (exact) mass is 353 g/mol. The maximum Gasteiger partial charge on any atom is 0.261 e. The van der Waals surface area contributed by atoms with E-state index >= 15 is 0 Å². The van der Waals surface area contributed by atoms with Crippen molar-refractivity contribution in [3.05, 3.63) is 59.2 Å². The Labute approximate surface area is 155 Å². The lowest BCUT2D eigenvalue weighted by Crippen LogP contribution is -2.44. The van der Waals surface area contributed by atoms with Gasteiger partial charge in [-0.3, -0.25) is 4.79 Å². The van der Waals surface area contributed by atoms with Crippen LogP contribution in [0.5, 0.6) is 11.5 Å². The van der Waals surface area contributed by atoms with Crippen molar-refractivity contribution in [3.63, 3.8) is 0 Å². The molecule has 4 heteroatoms. The van der Waals surface area contributed by atoms with Gasteiger partial charge in [0.25, 0.3) is 5.91 Å². The number of rotatable bonds is 4. The number of carbonyl (C=O) groups excluding carboxylic acids is 1. The first-order chi connectivity index (χ1) is 12.2. The summed E-state index contributed by atoms with van der Waals surface area (Å²) in [6.45, 7) is 9.89. The molecule has 2 unspecified atom stereocenters. The van der Waals surface area contributed by atoms with Crippen molar-refractivity contribution >= 4 is 5.91 Å². The SMILES string of the molecule is Cc1ccc(OC(C)C(=O)NC2CC(C)(C)Oc3ccccc32)c(C)c1. The molecule has 0 radical (unpaired) electrons. The first-order valence-corrected chi connectivity index (χ1v) is 9.07. The van der Waals surface area contributed by atoms with Crippen molar-refractivity contribution < 1.29 is 14.3 Å². The van der Waals surface area contributed by atoms with Crippen LogP contribution in [0, 0.1) is 13.8 Å². The van der Waals surface area contributed by atoms with Gasteiger partial charge in [0, 0.05) is 12.0 Å². The molecule has 0 spiro atoms. The lowest BCUT2D eigenvalue weighted by Gasteiger charge is -2.38. The summed E-state index contributed by atoms with van der Waals surface area (Å²) in [5.74, 6) is 1.45. The number of nitrogens with one attached hydrogen (secondary N) is 1. The third-order valence-corrected chi connectivity index (χ3v) is 4.70. The molecule has 1 amide bonds. The molecule has 0 saturated carbocycles. The summed E-state index contributed by atoms with van der Waals surface area (Å²) < 4.78 is 11.9. The van der Waals surface area contributed by atoms with Crippen LogP contribution in [0.1, 0.15) is 49.9 Å². The number of amides is 1. The minimum Gasteiger partial charge on any atom is -0.487 e. The van der Waals surface area contributed by atoms with Gasteiger partial charge in [0.2, 0.25) is 0 Å². The molecular weight excluding hydrogens is 326 g/mol. The molecule has 1 N–H and O–H groups in total. The highest BCUT2D eigenvalue weighted by atomic mass is 16.5. The Morgan fingerprint density at radius 2 is 1.96 bits per heavy atom. The molecule has 138 valence electrons. The number of benzene rings is 2. The zero-order valence-electron chi connectivity index (χ0n) is 16.1. The van der Waals surface area contributed by atoms with E-state index in [0.29, 0.717) is 6.42 Å². The molecule has 2 atom stereocenters. The topological polar surface area (TPSA) is 47.6 Å². The van der Waals surface area contributed by atoms with Crippen LogP contribution in [0.25, 0.3) is 0 Å². The molecule has 26 heavy (non-hydrogen) atoms. The second-order valence-corrected chi connectivity index (χ2v) is 7.69. The van der Waals surface area contributed by atoms with Crippen LogP contribution in [-0.2, 0) is 4.79 Å². The van der Waals surface area contributed by atoms with Gasteiger partial charge in [-0.15, -0.1) is 0 Å². The summed E-state index contributed by atoms with van der Waals surface area (Å²) in [5.41, 5.74) is 2.89. The lowest BCUT2D eigenvalue weighted by molar-refractivity contribution is -0.128. The van der Waals surface area contributed by atoms with E-state index in [4.69, 9.17) is 9.47 Å². The Kier molecular flexibility index (Phi) is 4.94. The average Bonchev–Trinajstić information content (AvgIpc) is 2.56.